The number of anilines is 1. The minimum atomic E-state index is -0.821. The Labute approximate surface area is 121 Å². The summed E-state index contributed by atoms with van der Waals surface area (Å²) in [6.07, 6.45) is 0.566. The molecule has 0 fully saturated rings. The Morgan fingerprint density at radius 1 is 1.58 bits per heavy atom. The minimum Gasteiger partial charge on any atom is -0.392 e. The second-order valence-electron chi connectivity index (χ2n) is 4.54. The Bertz CT molecular complexity index is 638. The molecule has 0 aliphatic rings. The lowest BCUT2D eigenvalue weighted by atomic mass is 9.86. The molecule has 0 aliphatic carbocycles. The van der Waals surface area contributed by atoms with Crippen LogP contribution < -0.4 is 11.1 Å². The number of amides is 1. The number of benzene rings is 1. The summed E-state index contributed by atoms with van der Waals surface area (Å²) in [5.74, 6) is -0.175. The van der Waals surface area contributed by atoms with Crippen molar-refractivity contribution in [1.29, 1.82) is 0 Å². The van der Waals surface area contributed by atoms with Gasteiger partial charge >= 0.3 is 0 Å². The number of nitrogens with zero attached hydrogens (tertiary/aromatic N) is 1. The van der Waals surface area contributed by atoms with Gasteiger partial charge in [-0.15, -0.1) is 11.3 Å². The van der Waals surface area contributed by atoms with Crippen molar-refractivity contribution >= 4 is 50.4 Å². The molecule has 4 nitrogen and oxygen atoms in total. The van der Waals surface area contributed by atoms with Gasteiger partial charge in [-0.2, -0.15) is 0 Å². The molecular weight excluding hydrogens is 278 g/mol. The lowest BCUT2D eigenvalue weighted by Gasteiger charge is -2.25. The topological polar surface area (TPSA) is 68.0 Å². The quantitative estimate of drug-likeness (QED) is 0.850. The maximum Gasteiger partial charge on any atom is 0.237 e. The zero-order valence-corrected chi connectivity index (χ0v) is 12.4. The van der Waals surface area contributed by atoms with E-state index >= 15 is 0 Å². The first-order valence-electron chi connectivity index (χ1n) is 5.92. The highest BCUT2D eigenvalue weighted by atomic mass is 32.1. The number of carbonyl (C=O) groups excluding carboxylic acids is 1. The van der Waals surface area contributed by atoms with Crippen LogP contribution >= 0.6 is 23.6 Å². The smallest absolute Gasteiger partial charge is 0.237 e. The number of hydrogen-bond acceptors (Lipinski definition) is 4. The van der Waals surface area contributed by atoms with E-state index in [2.05, 4.69) is 10.3 Å². The van der Waals surface area contributed by atoms with Crippen LogP contribution in [0.5, 0.6) is 0 Å². The number of rotatable bonds is 4. The zero-order valence-electron chi connectivity index (χ0n) is 10.8. The molecule has 0 radical (unpaired) electrons. The predicted molar refractivity (Wildman–Crippen MR) is 83.4 cm³/mol. The molecule has 0 saturated carbocycles. The van der Waals surface area contributed by atoms with Crippen LogP contribution in [0, 0.1) is 5.41 Å². The molecule has 0 spiro atoms. The molecule has 1 atom stereocenters. The van der Waals surface area contributed by atoms with E-state index in [1.807, 2.05) is 25.1 Å². The molecule has 0 aliphatic heterocycles. The van der Waals surface area contributed by atoms with Crippen molar-refractivity contribution in [3.05, 3.63) is 23.7 Å². The maximum atomic E-state index is 12.3. The number of thiazole rings is 1. The first-order valence-corrected chi connectivity index (χ1v) is 7.21. The van der Waals surface area contributed by atoms with Gasteiger partial charge in [-0.25, -0.2) is 4.98 Å². The summed E-state index contributed by atoms with van der Waals surface area (Å²) in [6, 6.07) is 5.61. The number of nitrogens with one attached hydrogen (secondary N) is 1. The van der Waals surface area contributed by atoms with Gasteiger partial charge in [0.25, 0.3) is 0 Å². The number of aromatic nitrogens is 1. The fraction of sp³-hybridized carbons (Fsp3) is 0.308. The normalized spacial score (nSPS) is 14.0. The van der Waals surface area contributed by atoms with Gasteiger partial charge in [-0.3, -0.25) is 4.79 Å². The highest BCUT2D eigenvalue weighted by molar-refractivity contribution is 7.80. The Hall–Kier alpha value is -1.53. The molecule has 1 aromatic heterocycles. The van der Waals surface area contributed by atoms with Gasteiger partial charge in [-0.1, -0.05) is 19.1 Å². The van der Waals surface area contributed by atoms with Gasteiger partial charge in [0.1, 0.15) is 0 Å². The lowest BCUT2D eigenvalue weighted by Crippen LogP contribution is -2.43. The van der Waals surface area contributed by atoms with Crippen molar-refractivity contribution in [3.63, 3.8) is 0 Å². The molecular formula is C13H15N3OS2. The average molecular weight is 293 g/mol. The van der Waals surface area contributed by atoms with Crippen LogP contribution in [0.3, 0.4) is 0 Å². The monoisotopic (exact) mass is 293 g/mol. The van der Waals surface area contributed by atoms with Crippen LogP contribution in [0.15, 0.2) is 23.7 Å². The largest absolute Gasteiger partial charge is 0.392 e. The minimum absolute atomic E-state index is 0.175. The SMILES string of the molecule is CCC(C)(C(=O)Nc1ccc2ncsc2c1)C(N)=S. The van der Waals surface area contributed by atoms with Gasteiger partial charge in [0.05, 0.1) is 26.1 Å². The molecule has 1 heterocycles. The summed E-state index contributed by atoms with van der Waals surface area (Å²) in [7, 11) is 0. The van der Waals surface area contributed by atoms with Crippen LogP contribution in [0.1, 0.15) is 20.3 Å². The number of hydrogen-bond donors (Lipinski definition) is 2. The summed E-state index contributed by atoms with van der Waals surface area (Å²) in [4.78, 5) is 16.7. The Kier molecular flexibility index (Phi) is 3.82. The Morgan fingerprint density at radius 2 is 2.32 bits per heavy atom. The van der Waals surface area contributed by atoms with Crippen molar-refractivity contribution in [2.75, 3.05) is 5.32 Å². The molecule has 2 rings (SSSR count). The Balaban J connectivity index is 2.24. The summed E-state index contributed by atoms with van der Waals surface area (Å²) >= 11 is 6.53. The van der Waals surface area contributed by atoms with Gasteiger partial charge in [-0.05, 0) is 31.5 Å². The van der Waals surface area contributed by atoms with Crippen molar-refractivity contribution in [2.45, 2.75) is 20.3 Å². The highest BCUT2D eigenvalue weighted by Crippen LogP contribution is 2.26. The van der Waals surface area contributed by atoms with E-state index in [9.17, 15) is 4.79 Å². The van der Waals surface area contributed by atoms with Gasteiger partial charge in [0.2, 0.25) is 5.91 Å². The molecule has 100 valence electrons. The third-order valence-corrected chi connectivity index (χ3v) is 4.58. The lowest BCUT2D eigenvalue weighted by molar-refractivity contribution is -0.121. The average Bonchev–Trinajstić information content (AvgIpc) is 2.84. The molecule has 1 amide bonds. The van der Waals surface area contributed by atoms with Crippen molar-refractivity contribution < 1.29 is 4.79 Å². The molecule has 19 heavy (non-hydrogen) atoms. The van der Waals surface area contributed by atoms with E-state index in [4.69, 9.17) is 18.0 Å². The third kappa shape index (κ3) is 2.59. The number of thiocarbonyl (C=S) groups is 1. The zero-order chi connectivity index (χ0) is 14.0. The highest BCUT2D eigenvalue weighted by Gasteiger charge is 2.34. The number of carbonyl (C=O) groups is 1. The van der Waals surface area contributed by atoms with E-state index in [1.54, 1.807) is 12.4 Å². The molecule has 0 bridgehead atoms. The van der Waals surface area contributed by atoms with E-state index in [0.29, 0.717) is 6.42 Å². The maximum absolute atomic E-state index is 12.3. The van der Waals surface area contributed by atoms with Gasteiger partial charge < -0.3 is 11.1 Å². The van der Waals surface area contributed by atoms with Crippen LogP contribution in [0.2, 0.25) is 0 Å². The standard InChI is InChI=1S/C13H15N3OS2/c1-3-13(2,11(14)18)12(17)16-8-4-5-9-10(6-8)19-7-15-9/h4-7H,3H2,1-2H3,(H2,14,18)(H,16,17). The first-order chi connectivity index (χ1) is 8.97. The summed E-state index contributed by atoms with van der Waals surface area (Å²) < 4.78 is 1.03. The van der Waals surface area contributed by atoms with Crippen molar-refractivity contribution in [2.24, 2.45) is 11.1 Å². The number of nitrogens with two attached hydrogens (primary N) is 1. The number of fused-ring (bicyclic) bond motifs is 1. The molecule has 0 saturated heterocycles. The Morgan fingerprint density at radius 3 is 2.95 bits per heavy atom. The second kappa shape index (κ2) is 5.22. The fourth-order valence-corrected chi connectivity index (χ4v) is 2.60. The summed E-state index contributed by atoms with van der Waals surface area (Å²) in [5.41, 5.74) is 8.29. The fourth-order valence-electron chi connectivity index (χ4n) is 1.65. The molecule has 1 aromatic carbocycles. The van der Waals surface area contributed by atoms with E-state index < -0.39 is 5.41 Å². The molecule has 6 heteroatoms. The predicted octanol–water partition coefficient (Wildman–Crippen LogP) is 2.94. The summed E-state index contributed by atoms with van der Waals surface area (Å²) in [5, 5.41) is 2.87. The van der Waals surface area contributed by atoms with E-state index in [1.165, 1.54) is 11.3 Å². The van der Waals surface area contributed by atoms with Crippen molar-refractivity contribution in [3.8, 4) is 0 Å². The van der Waals surface area contributed by atoms with Crippen molar-refractivity contribution in [1.82, 2.24) is 4.98 Å². The van der Waals surface area contributed by atoms with E-state index in [0.717, 1.165) is 15.9 Å². The van der Waals surface area contributed by atoms with Crippen LogP contribution in [0.25, 0.3) is 10.2 Å². The van der Waals surface area contributed by atoms with Crippen LogP contribution in [-0.2, 0) is 4.79 Å². The molecule has 1 unspecified atom stereocenters. The van der Waals surface area contributed by atoms with Gasteiger partial charge in [0, 0.05) is 5.69 Å². The van der Waals surface area contributed by atoms with Gasteiger partial charge in [0.15, 0.2) is 0 Å². The van der Waals surface area contributed by atoms with Crippen LogP contribution in [-0.4, -0.2) is 15.9 Å². The molecule has 3 N–H and O–H groups in total. The van der Waals surface area contributed by atoms with Crippen LogP contribution in [0.4, 0.5) is 5.69 Å². The third-order valence-electron chi connectivity index (χ3n) is 3.34. The first kappa shape index (κ1) is 13.9. The van der Waals surface area contributed by atoms with E-state index in [-0.39, 0.29) is 10.9 Å². The molecule has 2 aromatic rings. The summed E-state index contributed by atoms with van der Waals surface area (Å²) in [6.45, 7) is 3.65. The second-order valence-corrected chi connectivity index (χ2v) is 5.87.